The highest BCUT2D eigenvalue weighted by molar-refractivity contribution is 7.99. The first-order valence-electron chi connectivity index (χ1n) is 8.40. The number of alkyl halides is 3. The Kier molecular flexibility index (Phi) is 4.54. The molecule has 4 aromatic rings. The van der Waals surface area contributed by atoms with Gasteiger partial charge in [0.15, 0.2) is 5.16 Å². The van der Waals surface area contributed by atoms with Crippen molar-refractivity contribution in [1.29, 1.82) is 0 Å². The third kappa shape index (κ3) is 3.33. The standard InChI is InChI=1S/C19H14F3N3O2S/c1-2-28-18-24-15-13-5-3-4-6-14(13)23-16(15)17(26)25(18)11-7-9-12(10-8-11)27-19(20,21)22/h3-10,23H,2H2,1H3. The fraction of sp³-hybridized carbons (Fsp3) is 0.158. The number of para-hydroxylation sites is 1. The van der Waals surface area contributed by atoms with Gasteiger partial charge in [0, 0.05) is 10.9 Å². The lowest BCUT2D eigenvalue weighted by Gasteiger charge is -2.13. The van der Waals surface area contributed by atoms with E-state index in [4.69, 9.17) is 0 Å². The molecule has 0 aliphatic rings. The highest BCUT2D eigenvalue weighted by Gasteiger charge is 2.31. The molecule has 5 nitrogen and oxygen atoms in total. The van der Waals surface area contributed by atoms with Gasteiger partial charge < -0.3 is 9.72 Å². The molecule has 0 fully saturated rings. The van der Waals surface area contributed by atoms with E-state index in [0.717, 1.165) is 10.9 Å². The molecule has 144 valence electrons. The number of H-pyrrole nitrogens is 1. The van der Waals surface area contributed by atoms with E-state index in [1.54, 1.807) is 0 Å². The Labute approximate surface area is 161 Å². The molecule has 0 saturated carbocycles. The van der Waals surface area contributed by atoms with Crippen LogP contribution < -0.4 is 10.3 Å². The molecule has 0 aliphatic carbocycles. The summed E-state index contributed by atoms with van der Waals surface area (Å²) in [6.45, 7) is 1.93. The van der Waals surface area contributed by atoms with E-state index in [1.165, 1.54) is 40.6 Å². The van der Waals surface area contributed by atoms with Crippen molar-refractivity contribution in [2.75, 3.05) is 5.75 Å². The van der Waals surface area contributed by atoms with Crippen molar-refractivity contribution in [1.82, 2.24) is 14.5 Å². The summed E-state index contributed by atoms with van der Waals surface area (Å²) in [6.07, 6.45) is -4.77. The number of halogens is 3. The quantitative estimate of drug-likeness (QED) is 0.388. The zero-order chi connectivity index (χ0) is 19.9. The van der Waals surface area contributed by atoms with Crippen LogP contribution in [0.4, 0.5) is 13.2 Å². The molecule has 0 atom stereocenters. The molecule has 28 heavy (non-hydrogen) atoms. The molecule has 1 N–H and O–H groups in total. The van der Waals surface area contributed by atoms with Crippen molar-refractivity contribution in [3.8, 4) is 11.4 Å². The third-order valence-electron chi connectivity index (χ3n) is 4.10. The first kappa shape index (κ1) is 18.4. The molecule has 2 aromatic heterocycles. The van der Waals surface area contributed by atoms with Crippen LogP contribution in [0.1, 0.15) is 6.92 Å². The summed E-state index contributed by atoms with van der Waals surface area (Å²) in [5.41, 5.74) is 1.80. The molecule has 9 heteroatoms. The van der Waals surface area contributed by atoms with Gasteiger partial charge in [0.2, 0.25) is 0 Å². The van der Waals surface area contributed by atoms with Gasteiger partial charge in [-0.05, 0) is 36.1 Å². The van der Waals surface area contributed by atoms with E-state index in [2.05, 4.69) is 14.7 Å². The van der Waals surface area contributed by atoms with Crippen LogP contribution in [0.2, 0.25) is 0 Å². The van der Waals surface area contributed by atoms with E-state index in [-0.39, 0.29) is 11.3 Å². The van der Waals surface area contributed by atoms with Crippen molar-refractivity contribution in [2.45, 2.75) is 18.4 Å². The second-order valence-electron chi connectivity index (χ2n) is 5.90. The fourth-order valence-electron chi connectivity index (χ4n) is 2.99. The Morgan fingerprint density at radius 2 is 1.86 bits per heavy atom. The van der Waals surface area contributed by atoms with Crippen molar-refractivity contribution in [3.63, 3.8) is 0 Å². The maximum absolute atomic E-state index is 13.2. The van der Waals surface area contributed by atoms with Crippen LogP contribution in [0.5, 0.6) is 5.75 Å². The lowest BCUT2D eigenvalue weighted by atomic mass is 10.2. The average Bonchev–Trinajstić information content (AvgIpc) is 3.01. The zero-order valence-electron chi connectivity index (χ0n) is 14.6. The summed E-state index contributed by atoms with van der Waals surface area (Å²) in [7, 11) is 0. The lowest BCUT2D eigenvalue weighted by molar-refractivity contribution is -0.274. The highest BCUT2D eigenvalue weighted by Crippen LogP contribution is 2.28. The van der Waals surface area contributed by atoms with Gasteiger partial charge in [-0.15, -0.1) is 13.2 Å². The van der Waals surface area contributed by atoms with Crippen molar-refractivity contribution >= 4 is 33.7 Å². The van der Waals surface area contributed by atoms with E-state index in [0.29, 0.717) is 27.6 Å². The summed E-state index contributed by atoms with van der Waals surface area (Å²) in [6, 6.07) is 12.6. The number of hydrogen-bond acceptors (Lipinski definition) is 4. The molecule has 2 aromatic carbocycles. The summed E-state index contributed by atoms with van der Waals surface area (Å²) in [5.74, 6) is 0.323. The van der Waals surface area contributed by atoms with Gasteiger partial charge in [0.25, 0.3) is 5.56 Å². The Morgan fingerprint density at radius 3 is 2.54 bits per heavy atom. The summed E-state index contributed by atoms with van der Waals surface area (Å²) < 4.78 is 42.4. The van der Waals surface area contributed by atoms with Gasteiger partial charge in [0.1, 0.15) is 16.8 Å². The Hall–Kier alpha value is -2.94. The normalized spacial score (nSPS) is 12.0. The van der Waals surface area contributed by atoms with E-state index < -0.39 is 6.36 Å². The number of hydrogen-bond donors (Lipinski definition) is 1. The number of aromatic nitrogens is 3. The summed E-state index contributed by atoms with van der Waals surface area (Å²) in [5, 5.41) is 1.31. The van der Waals surface area contributed by atoms with Gasteiger partial charge in [-0.1, -0.05) is 36.9 Å². The van der Waals surface area contributed by atoms with E-state index in [9.17, 15) is 18.0 Å². The molecule has 4 rings (SSSR count). The van der Waals surface area contributed by atoms with Crippen molar-refractivity contribution in [3.05, 3.63) is 58.9 Å². The molecule has 0 spiro atoms. The summed E-state index contributed by atoms with van der Waals surface area (Å²) in [4.78, 5) is 20.9. The molecule has 0 bridgehead atoms. The molecule has 0 aliphatic heterocycles. The van der Waals surface area contributed by atoms with Crippen LogP contribution in [0.15, 0.2) is 58.5 Å². The van der Waals surface area contributed by atoms with Gasteiger partial charge in [-0.25, -0.2) is 4.98 Å². The zero-order valence-corrected chi connectivity index (χ0v) is 15.4. The monoisotopic (exact) mass is 405 g/mol. The highest BCUT2D eigenvalue weighted by atomic mass is 32.2. The fourth-order valence-corrected chi connectivity index (χ4v) is 3.72. The molecule has 0 amide bonds. The van der Waals surface area contributed by atoms with E-state index >= 15 is 0 Å². The van der Waals surface area contributed by atoms with Crippen molar-refractivity contribution in [2.24, 2.45) is 0 Å². The first-order valence-corrected chi connectivity index (χ1v) is 9.38. The smallest absolute Gasteiger partial charge is 0.406 e. The minimum atomic E-state index is -4.77. The van der Waals surface area contributed by atoms with Crippen molar-refractivity contribution < 1.29 is 17.9 Å². The number of thioether (sulfide) groups is 1. The second kappa shape index (κ2) is 6.90. The first-order chi connectivity index (χ1) is 13.4. The van der Waals surface area contributed by atoms with E-state index in [1.807, 2.05) is 31.2 Å². The van der Waals surface area contributed by atoms with Gasteiger partial charge in [-0.3, -0.25) is 9.36 Å². The largest absolute Gasteiger partial charge is 0.573 e. The number of benzene rings is 2. The number of ether oxygens (including phenoxy) is 1. The molecule has 0 radical (unpaired) electrons. The molecule has 0 saturated heterocycles. The molecular weight excluding hydrogens is 391 g/mol. The minimum Gasteiger partial charge on any atom is -0.406 e. The van der Waals surface area contributed by atoms with Crippen LogP contribution in [0, 0.1) is 0 Å². The average molecular weight is 405 g/mol. The minimum absolute atomic E-state index is 0.318. The molecule has 2 heterocycles. The van der Waals surface area contributed by atoms with Crippen LogP contribution in [0.3, 0.4) is 0 Å². The number of nitrogens with one attached hydrogen (secondary N) is 1. The SMILES string of the molecule is CCSc1nc2c([nH]c3ccccc32)c(=O)n1-c1ccc(OC(F)(F)F)cc1. The van der Waals surface area contributed by atoms with Gasteiger partial charge in [-0.2, -0.15) is 0 Å². The number of nitrogens with zero attached hydrogens (tertiary/aromatic N) is 2. The predicted molar refractivity (Wildman–Crippen MR) is 102 cm³/mol. The van der Waals surface area contributed by atoms with Crippen LogP contribution in [-0.4, -0.2) is 26.7 Å². The lowest BCUT2D eigenvalue weighted by Crippen LogP contribution is -2.22. The van der Waals surface area contributed by atoms with Crippen LogP contribution >= 0.6 is 11.8 Å². The number of fused-ring (bicyclic) bond motifs is 3. The number of rotatable bonds is 4. The Bertz CT molecular complexity index is 1210. The Morgan fingerprint density at radius 1 is 1.14 bits per heavy atom. The van der Waals surface area contributed by atoms with Gasteiger partial charge >= 0.3 is 6.36 Å². The molecular formula is C19H14F3N3O2S. The molecule has 0 unspecified atom stereocenters. The van der Waals surface area contributed by atoms with Crippen LogP contribution in [-0.2, 0) is 0 Å². The maximum Gasteiger partial charge on any atom is 0.573 e. The van der Waals surface area contributed by atoms with Gasteiger partial charge in [0.05, 0.1) is 5.69 Å². The second-order valence-corrected chi connectivity index (χ2v) is 7.14. The summed E-state index contributed by atoms with van der Waals surface area (Å²) >= 11 is 1.38. The van der Waals surface area contributed by atoms with Crippen LogP contribution in [0.25, 0.3) is 27.6 Å². The maximum atomic E-state index is 13.2. The number of aromatic amines is 1. The Balaban J connectivity index is 1.90. The topological polar surface area (TPSA) is 59.9 Å². The third-order valence-corrected chi connectivity index (χ3v) is 4.92. The predicted octanol–water partition coefficient (Wildman–Crippen LogP) is 4.88.